The second-order valence-corrected chi connectivity index (χ2v) is 9.39. The van der Waals surface area contributed by atoms with Crippen molar-refractivity contribution in [1.82, 2.24) is 9.62 Å². The Morgan fingerprint density at radius 3 is 2.31 bits per heavy atom. The summed E-state index contributed by atoms with van der Waals surface area (Å²) in [6.45, 7) is 1.62. The topological polar surface area (TPSA) is 66.5 Å². The summed E-state index contributed by atoms with van der Waals surface area (Å²) in [5.74, 6) is -0.847. The normalized spacial score (nSPS) is 16.5. The molecule has 0 aromatic heterocycles. The number of carbonyl (C=O) groups excluding carboxylic acids is 1. The standard InChI is InChI=1S/C22H27FN2O3S/c1-17(18-8-4-2-5-9-18)24-22(26)16-25(20-10-6-3-7-11-20)29(27,28)21-14-12-19(23)13-15-21/h2,4-5,8-9,12-15,17,20H,3,6-7,10-11,16H2,1H3,(H,24,26). The van der Waals surface area contributed by atoms with Gasteiger partial charge in [0, 0.05) is 6.04 Å². The first kappa shape index (κ1) is 21.5. The Kier molecular flexibility index (Phi) is 7.03. The van der Waals surface area contributed by atoms with Crippen molar-refractivity contribution >= 4 is 15.9 Å². The summed E-state index contributed by atoms with van der Waals surface area (Å²) in [4.78, 5) is 12.7. The van der Waals surface area contributed by atoms with Gasteiger partial charge in [-0.1, -0.05) is 49.6 Å². The van der Waals surface area contributed by atoms with Crippen LogP contribution in [0.25, 0.3) is 0 Å². The Morgan fingerprint density at radius 2 is 1.69 bits per heavy atom. The van der Waals surface area contributed by atoms with E-state index in [0.717, 1.165) is 49.8 Å². The molecule has 0 radical (unpaired) electrons. The maximum absolute atomic E-state index is 13.3. The van der Waals surface area contributed by atoms with Crippen LogP contribution in [0, 0.1) is 5.82 Å². The van der Waals surface area contributed by atoms with Crippen LogP contribution in [0.1, 0.15) is 50.6 Å². The van der Waals surface area contributed by atoms with Gasteiger partial charge in [-0.05, 0) is 49.6 Å². The van der Waals surface area contributed by atoms with E-state index in [9.17, 15) is 17.6 Å². The van der Waals surface area contributed by atoms with Crippen LogP contribution in [-0.2, 0) is 14.8 Å². The molecular weight excluding hydrogens is 391 g/mol. The van der Waals surface area contributed by atoms with E-state index in [-0.39, 0.29) is 29.4 Å². The van der Waals surface area contributed by atoms with E-state index >= 15 is 0 Å². The predicted octanol–water partition coefficient (Wildman–Crippen LogP) is 4.03. The number of benzene rings is 2. The molecule has 7 heteroatoms. The number of carbonyl (C=O) groups is 1. The van der Waals surface area contributed by atoms with Gasteiger partial charge in [0.1, 0.15) is 5.82 Å². The molecule has 1 amide bonds. The van der Waals surface area contributed by atoms with Gasteiger partial charge < -0.3 is 5.32 Å². The Bertz CT molecular complexity index is 911. The number of sulfonamides is 1. The monoisotopic (exact) mass is 418 g/mol. The summed E-state index contributed by atoms with van der Waals surface area (Å²) in [5.41, 5.74) is 0.950. The fourth-order valence-electron chi connectivity index (χ4n) is 3.78. The summed E-state index contributed by atoms with van der Waals surface area (Å²) in [6, 6.07) is 13.8. The summed E-state index contributed by atoms with van der Waals surface area (Å²) < 4.78 is 41.1. The molecule has 0 spiro atoms. The van der Waals surface area contributed by atoms with Crippen molar-refractivity contribution in [2.75, 3.05) is 6.54 Å². The van der Waals surface area contributed by atoms with E-state index in [4.69, 9.17) is 0 Å². The molecule has 3 rings (SSSR count). The highest BCUT2D eigenvalue weighted by molar-refractivity contribution is 7.89. The van der Waals surface area contributed by atoms with Gasteiger partial charge in [-0.2, -0.15) is 4.31 Å². The zero-order chi connectivity index (χ0) is 20.9. The van der Waals surface area contributed by atoms with Crippen molar-refractivity contribution in [3.8, 4) is 0 Å². The minimum absolute atomic E-state index is 0.00776. The van der Waals surface area contributed by atoms with Gasteiger partial charge in [0.2, 0.25) is 15.9 Å². The zero-order valence-electron chi connectivity index (χ0n) is 16.6. The fraction of sp³-hybridized carbons (Fsp3) is 0.409. The van der Waals surface area contributed by atoms with Crippen molar-refractivity contribution < 1.29 is 17.6 Å². The number of nitrogens with zero attached hydrogens (tertiary/aromatic N) is 1. The van der Waals surface area contributed by atoms with E-state index in [1.807, 2.05) is 37.3 Å². The smallest absolute Gasteiger partial charge is 0.243 e. The van der Waals surface area contributed by atoms with Crippen molar-refractivity contribution in [1.29, 1.82) is 0 Å². The molecule has 1 aliphatic carbocycles. The molecule has 5 nitrogen and oxygen atoms in total. The molecule has 1 saturated carbocycles. The molecule has 29 heavy (non-hydrogen) atoms. The summed E-state index contributed by atoms with van der Waals surface area (Å²) in [5, 5.41) is 2.89. The SMILES string of the molecule is CC(NC(=O)CN(C1CCCCC1)S(=O)(=O)c1ccc(F)cc1)c1ccccc1. The lowest BCUT2D eigenvalue weighted by molar-refractivity contribution is -0.122. The number of rotatable bonds is 7. The third kappa shape index (κ3) is 5.42. The summed E-state index contributed by atoms with van der Waals surface area (Å²) in [6.07, 6.45) is 4.38. The van der Waals surface area contributed by atoms with Crippen LogP contribution in [-0.4, -0.2) is 31.2 Å². The molecule has 156 valence electrons. The number of hydrogen-bond donors (Lipinski definition) is 1. The van der Waals surface area contributed by atoms with Crippen molar-refractivity contribution in [2.45, 2.75) is 56.0 Å². The Balaban J connectivity index is 1.80. The fourth-order valence-corrected chi connectivity index (χ4v) is 5.42. The molecule has 1 aliphatic rings. The molecule has 1 atom stereocenters. The van der Waals surface area contributed by atoms with Crippen LogP contribution in [0.15, 0.2) is 59.5 Å². The maximum Gasteiger partial charge on any atom is 0.243 e. The molecule has 1 fully saturated rings. The first-order chi connectivity index (χ1) is 13.9. The quantitative estimate of drug-likeness (QED) is 0.738. The second kappa shape index (κ2) is 9.50. The molecule has 1 unspecified atom stereocenters. The Labute approximate surface area is 172 Å². The van der Waals surface area contributed by atoms with Gasteiger partial charge in [-0.3, -0.25) is 4.79 Å². The van der Waals surface area contributed by atoms with E-state index in [2.05, 4.69) is 5.32 Å². The lowest BCUT2D eigenvalue weighted by Crippen LogP contribution is -2.47. The van der Waals surface area contributed by atoms with E-state index in [1.165, 1.54) is 16.4 Å². The van der Waals surface area contributed by atoms with Crippen LogP contribution >= 0.6 is 0 Å². The summed E-state index contributed by atoms with van der Waals surface area (Å²) >= 11 is 0. The highest BCUT2D eigenvalue weighted by Crippen LogP contribution is 2.28. The average molecular weight is 419 g/mol. The van der Waals surface area contributed by atoms with Crippen molar-refractivity contribution in [3.63, 3.8) is 0 Å². The van der Waals surface area contributed by atoms with Crippen LogP contribution in [0.2, 0.25) is 0 Å². The molecule has 0 aliphatic heterocycles. The minimum Gasteiger partial charge on any atom is -0.348 e. The van der Waals surface area contributed by atoms with Crippen LogP contribution in [0.5, 0.6) is 0 Å². The highest BCUT2D eigenvalue weighted by atomic mass is 32.2. The van der Waals surface area contributed by atoms with Crippen LogP contribution < -0.4 is 5.32 Å². The molecular formula is C22H27FN2O3S. The van der Waals surface area contributed by atoms with Gasteiger partial charge >= 0.3 is 0 Å². The maximum atomic E-state index is 13.3. The van der Waals surface area contributed by atoms with E-state index < -0.39 is 15.8 Å². The third-order valence-electron chi connectivity index (χ3n) is 5.38. The lowest BCUT2D eigenvalue weighted by Gasteiger charge is -2.33. The van der Waals surface area contributed by atoms with E-state index in [0.29, 0.717) is 0 Å². The predicted molar refractivity (Wildman–Crippen MR) is 110 cm³/mol. The highest BCUT2D eigenvalue weighted by Gasteiger charge is 2.34. The first-order valence-electron chi connectivity index (χ1n) is 9.99. The number of hydrogen-bond acceptors (Lipinski definition) is 3. The average Bonchev–Trinajstić information content (AvgIpc) is 2.73. The lowest BCUT2D eigenvalue weighted by atomic mass is 9.95. The second-order valence-electron chi connectivity index (χ2n) is 7.50. The first-order valence-corrected chi connectivity index (χ1v) is 11.4. The van der Waals surface area contributed by atoms with Gasteiger partial charge in [-0.15, -0.1) is 0 Å². The Morgan fingerprint density at radius 1 is 1.07 bits per heavy atom. The third-order valence-corrected chi connectivity index (χ3v) is 7.29. The zero-order valence-corrected chi connectivity index (χ0v) is 17.4. The molecule has 0 saturated heterocycles. The minimum atomic E-state index is -3.91. The van der Waals surface area contributed by atoms with Crippen molar-refractivity contribution in [2.24, 2.45) is 0 Å². The number of halogens is 1. The van der Waals surface area contributed by atoms with E-state index in [1.54, 1.807) is 0 Å². The Hall–Kier alpha value is -2.25. The summed E-state index contributed by atoms with van der Waals surface area (Å²) in [7, 11) is -3.91. The molecule has 1 N–H and O–H groups in total. The number of nitrogens with one attached hydrogen (secondary N) is 1. The van der Waals surface area contributed by atoms with Gasteiger partial charge in [-0.25, -0.2) is 12.8 Å². The molecule has 0 bridgehead atoms. The number of amides is 1. The van der Waals surface area contributed by atoms with Gasteiger partial charge in [0.15, 0.2) is 0 Å². The van der Waals surface area contributed by atoms with Crippen molar-refractivity contribution in [3.05, 3.63) is 66.0 Å². The largest absolute Gasteiger partial charge is 0.348 e. The van der Waals surface area contributed by atoms with Crippen LogP contribution in [0.4, 0.5) is 4.39 Å². The molecule has 2 aromatic rings. The van der Waals surface area contributed by atoms with Gasteiger partial charge in [0.05, 0.1) is 17.5 Å². The molecule has 2 aromatic carbocycles. The molecule has 0 heterocycles. The van der Waals surface area contributed by atoms with Gasteiger partial charge in [0.25, 0.3) is 0 Å². The van der Waals surface area contributed by atoms with Crippen LogP contribution in [0.3, 0.4) is 0 Å².